The Morgan fingerprint density at radius 2 is 1.69 bits per heavy atom. The van der Waals surface area contributed by atoms with Crippen molar-refractivity contribution in [3.8, 4) is 5.69 Å². The molecule has 1 saturated heterocycles. The van der Waals surface area contributed by atoms with E-state index in [0.717, 1.165) is 49.1 Å². The normalized spacial score (nSPS) is 19.9. The summed E-state index contributed by atoms with van der Waals surface area (Å²) in [4.78, 5) is 15.0. The lowest BCUT2D eigenvalue weighted by atomic mass is 10.1. The number of piperazine rings is 1. The summed E-state index contributed by atoms with van der Waals surface area (Å²) in [6.07, 6.45) is 0. The Hall–Kier alpha value is -2.03. The Morgan fingerprint density at radius 3 is 2.28 bits per heavy atom. The maximum atomic E-state index is 12.2. The third-order valence-electron chi connectivity index (χ3n) is 5.26. The minimum Gasteiger partial charge on any atom is -0.347 e. The fraction of sp³-hybridized carbons (Fsp3) is 0.571. The second kappa shape index (κ2) is 8.77. The highest BCUT2D eigenvalue weighted by molar-refractivity contribution is 7.71. The molecule has 0 unspecified atom stereocenters. The topological polar surface area (TPSA) is 60.7 Å². The molecule has 0 saturated carbocycles. The molecule has 0 radical (unpaired) electrons. The highest BCUT2D eigenvalue weighted by atomic mass is 32.1. The van der Waals surface area contributed by atoms with Gasteiger partial charge in [0.2, 0.25) is 4.77 Å². The first-order valence-electron chi connectivity index (χ1n) is 10.3. The first kappa shape index (κ1) is 21.7. The van der Waals surface area contributed by atoms with E-state index in [1.165, 1.54) is 15.4 Å². The van der Waals surface area contributed by atoms with Gasteiger partial charge in [-0.05, 0) is 59.0 Å². The van der Waals surface area contributed by atoms with Crippen molar-refractivity contribution in [2.45, 2.75) is 46.8 Å². The molecule has 7 nitrogen and oxygen atoms in total. The number of carbonyl (C=O) groups excluding carboxylic acids is 1. The van der Waals surface area contributed by atoms with Crippen LogP contribution in [0.1, 0.15) is 32.2 Å². The second-order valence-corrected chi connectivity index (χ2v) is 9.50. The number of aromatic nitrogens is 3. The molecule has 1 amide bonds. The van der Waals surface area contributed by atoms with E-state index in [4.69, 9.17) is 17.3 Å². The van der Waals surface area contributed by atoms with Gasteiger partial charge in [-0.15, -0.1) is 0 Å². The van der Waals surface area contributed by atoms with Gasteiger partial charge in [-0.3, -0.25) is 9.36 Å². The van der Waals surface area contributed by atoms with Gasteiger partial charge in [0, 0.05) is 11.2 Å². The number of benzene rings is 1. The maximum absolute atomic E-state index is 12.2. The van der Waals surface area contributed by atoms with Gasteiger partial charge in [0.05, 0.1) is 0 Å². The first-order valence-corrected chi connectivity index (χ1v) is 10.7. The Labute approximate surface area is 178 Å². The van der Waals surface area contributed by atoms with Crippen LogP contribution in [-0.4, -0.2) is 58.5 Å². The number of nitrogens with zero attached hydrogens (tertiary/aromatic N) is 3. The molecule has 2 heterocycles. The van der Waals surface area contributed by atoms with Crippen molar-refractivity contribution < 1.29 is 14.6 Å². The molecule has 1 fully saturated rings. The molecular weight excluding hydrogens is 384 g/mol. The van der Waals surface area contributed by atoms with Crippen LogP contribution < -0.4 is 15.1 Å². The quantitative estimate of drug-likeness (QED) is 0.583. The highest BCUT2D eigenvalue weighted by Gasteiger charge is 2.27. The van der Waals surface area contributed by atoms with Crippen LogP contribution in [0.15, 0.2) is 24.3 Å². The van der Waals surface area contributed by atoms with Crippen molar-refractivity contribution in [2.75, 3.05) is 32.7 Å². The standard InChI is InChI=1S/C21H32N6OS/c1-16-6-8-18(9-7-16)27-17(2)23-26(20(27)29)15-25-12-10-24(11-13-25)14-19(28)22-21(3,4)5/h6-9H,10-15H2,1-5H3,(H,22,28)/p+2. The van der Waals surface area contributed by atoms with Gasteiger partial charge in [-0.1, -0.05) is 17.7 Å². The fourth-order valence-corrected chi connectivity index (χ4v) is 4.15. The van der Waals surface area contributed by atoms with Gasteiger partial charge in [0.1, 0.15) is 32.0 Å². The predicted molar refractivity (Wildman–Crippen MR) is 116 cm³/mol. The molecule has 8 heteroatoms. The minimum absolute atomic E-state index is 0.130. The van der Waals surface area contributed by atoms with Crippen molar-refractivity contribution in [2.24, 2.45) is 0 Å². The molecule has 2 aromatic rings. The van der Waals surface area contributed by atoms with Crippen molar-refractivity contribution in [1.82, 2.24) is 19.7 Å². The summed E-state index contributed by atoms with van der Waals surface area (Å²) in [6.45, 7) is 15.4. The fourth-order valence-electron chi connectivity index (χ4n) is 3.80. The van der Waals surface area contributed by atoms with Crippen molar-refractivity contribution in [3.63, 3.8) is 0 Å². The van der Waals surface area contributed by atoms with E-state index in [9.17, 15) is 4.79 Å². The average molecular weight is 419 g/mol. The molecular formula is C21H34N6OS+2. The third-order valence-corrected chi connectivity index (χ3v) is 5.65. The summed E-state index contributed by atoms with van der Waals surface area (Å²) >= 11 is 5.72. The SMILES string of the molecule is Cc1ccc(-n2c(C)nn(C[NH+]3CC[NH+](CC(=O)NC(C)(C)C)CC3)c2=S)cc1. The smallest absolute Gasteiger partial charge is 0.275 e. The van der Waals surface area contributed by atoms with Crippen LogP contribution in [0.2, 0.25) is 0 Å². The summed E-state index contributed by atoms with van der Waals surface area (Å²) in [5.74, 6) is 1.03. The number of nitrogens with one attached hydrogen (secondary N) is 3. The van der Waals surface area contributed by atoms with E-state index in [1.807, 2.05) is 36.9 Å². The molecule has 0 aliphatic carbocycles. The molecule has 1 aromatic heterocycles. The Bertz CT molecular complexity index is 901. The third kappa shape index (κ3) is 5.74. The van der Waals surface area contributed by atoms with Gasteiger partial charge < -0.3 is 15.1 Å². The summed E-state index contributed by atoms with van der Waals surface area (Å²) in [5.41, 5.74) is 2.11. The van der Waals surface area contributed by atoms with Crippen molar-refractivity contribution in [1.29, 1.82) is 0 Å². The lowest BCUT2D eigenvalue weighted by Gasteiger charge is -2.30. The highest BCUT2D eigenvalue weighted by Crippen LogP contribution is 2.12. The average Bonchev–Trinajstić information content (AvgIpc) is 2.89. The summed E-state index contributed by atoms with van der Waals surface area (Å²) in [7, 11) is 0. The number of aryl methyl sites for hydroxylation is 2. The largest absolute Gasteiger partial charge is 0.347 e. The van der Waals surface area contributed by atoms with Gasteiger partial charge in [-0.25, -0.2) is 0 Å². The van der Waals surface area contributed by atoms with Crippen LogP contribution in [0.25, 0.3) is 5.69 Å². The van der Waals surface area contributed by atoms with E-state index < -0.39 is 0 Å². The van der Waals surface area contributed by atoms with Crippen LogP contribution in [0.3, 0.4) is 0 Å². The zero-order valence-electron chi connectivity index (χ0n) is 18.2. The summed E-state index contributed by atoms with van der Waals surface area (Å²) in [5, 5.41) is 7.75. The Balaban J connectivity index is 1.59. The van der Waals surface area contributed by atoms with Crippen LogP contribution in [0.4, 0.5) is 0 Å². The maximum Gasteiger partial charge on any atom is 0.275 e. The predicted octanol–water partition coefficient (Wildman–Crippen LogP) is -0.324. The molecule has 1 aliphatic heterocycles. The van der Waals surface area contributed by atoms with Gasteiger partial charge in [0.25, 0.3) is 5.91 Å². The van der Waals surface area contributed by atoms with E-state index in [0.29, 0.717) is 6.54 Å². The number of rotatable bonds is 5. The molecule has 158 valence electrons. The number of hydrogen-bond acceptors (Lipinski definition) is 3. The second-order valence-electron chi connectivity index (χ2n) is 9.13. The summed E-state index contributed by atoms with van der Waals surface area (Å²) in [6, 6.07) is 8.36. The minimum atomic E-state index is -0.172. The van der Waals surface area contributed by atoms with Gasteiger partial charge in [-0.2, -0.15) is 9.78 Å². The molecule has 3 N–H and O–H groups in total. The monoisotopic (exact) mass is 418 g/mol. The van der Waals surface area contributed by atoms with E-state index >= 15 is 0 Å². The van der Waals surface area contributed by atoms with Crippen LogP contribution in [0, 0.1) is 18.6 Å². The molecule has 0 atom stereocenters. The Morgan fingerprint density at radius 1 is 1.10 bits per heavy atom. The van der Waals surface area contributed by atoms with Crippen molar-refractivity contribution >= 4 is 18.1 Å². The van der Waals surface area contributed by atoms with Gasteiger partial charge >= 0.3 is 0 Å². The Kier molecular flexibility index (Phi) is 6.55. The van der Waals surface area contributed by atoms with Gasteiger partial charge in [0.15, 0.2) is 13.2 Å². The number of quaternary nitrogens is 2. The van der Waals surface area contributed by atoms with Crippen LogP contribution in [0.5, 0.6) is 0 Å². The van der Waals surface area contributed by atoms with Crippen LogP contribution >= 0.6 is 12.2 Å². The molecule has 0 spiro atoms. The van der Waals surface area contributed by atoms with Crippen molar-refractivity contribution in [3.05, 3.63) is 40.4 Å². The zero-order chi connectivity index (χ0) is 21.2. The number of hydrogen-bond donors (Lipinski definition) is 3. The number of amides is 1. The molecule has 1 aliphatic rings. The lowest BCUT2D eigenvalue weighted by molar-refractivity contribution is -1.02. The molecule has 1 aromatic carbocycles. The lowest BCUT2D eigenvalue weighted by Crippen LogP contribution is -3.28. The first-order chi connectivity index (χ1) is 13.6. The van der Waals surface area contributed by atoms with E-state index in [-0.39, 0.29) is 11.4 Å². The van der Waals surface area contributed by atoms with E-state index in [1.54, 1.807) is 0 Å². The van der Waals surface area contributed by atoms with Crippen LogP contribution in [-0.2, 0) is 11.5 Å². The molecule has 29 heavy (non-hydrogen) atoms. The van der Waals surface area contributed by atoms with E-state index in [2.05, 4.69) is 36.5 Å². The summed E-state index contributed by atoms with van der Waals surface area (Å²) < 4.78 is 4.71. The molecule has 3 rings (SSSR count). The zero-order valence-corrected chi connectivity index (χ0v) is 19.0. The number of carbonyl (C=O) groups is 1. The molecule has 0 bridgehead atoms.